The Bertz CT molecular complexity index is 335. The van der Waals surface area contributed by atoms with Crippen LogP contribution in [0.2, 0.25) is 0 Å². The molecule has 14 heavy (non-hydrogen) atoms. The molecule has 0 bridgehead atoms. The van der Waals surface area contributed by atoms with Crippen molar-refractivity contribution in [2.75, 3.05) is 7.11 Å². The van der Waals surface area contributed by atoms with Crippen LogP contribution in [0.1, 0.15) is 0 Å². The first-order valence-electron chi connectivity index (χ1n) is 3.89. The molecular formula is C10H9ClO2S. The molecule has 0 saturated heterocycles. The van der Waals surface area contributed by atoms with E-state index in [0.29, 0.717) is 4.91 Å². The number of halogens is 1. The molecule has 0 atom stereocenters. The Hall–Kier alpha value is -0.930. The first-order chi connectivity index (χ1) is 6.77. The minimum absolute atomic E-state index is 0.375. The maximum atomic E-state index is 11.2. The van der Waals surface area contributed by atoms with Gasteiger partial charge in [0, 0.05) is 10.4 Å². The quantitative estimate of drug-likeness (QED) is 0.452. The van der Waals surface area contributed by atoms with Crippen molar-refractivity contribution in [3.8, 4) is 0 Å². The summed E-state index contributed by atoms with van der Waals surface area (Å²) in [6, 6.07) is 9.49. The van der Waals surface area contributed by atoms with E-state index >= 15 is 0 Å². The van der Waals surface area contributed by atoms with Crippen molar-refractivity contribution >= 4 is 29.3 Å². The van der Waals surface area contributed by atoms with Crippen LogP contribution in [0.4, 0.5) is 0 Å². The second-order valence-corrected chi connectivity index (χ2v) is 3.71. The number of esters is 1. The molecule has 0 spiro atoms. The smallest absolute Gasteiger partial charge is 0.345 e. The first kappa shape index (κ1) is 11.1. The molecule has 4 heteroatoms. The second kappa shape index (κ2) is 5.73. The van der Waals surface area contributed by atoms with Crippen LogP contribution in [-0.2, 0) is 9.53 Å². The molecule has 0 radical (unpaired) electrons. The molecule has 74 valence electrons. The molecular weight excluding hydrogens is 220 g/mol. The van der Waals surface area contributed by atoms with E-state index in [9.17, 15) is 4.79 Å². The fourth-order valence-corrected chi connectivity index (χ4v) is 1.81. The lowest BCUT2D eigenvalue weighted by atomic mass is 10.4. The van der Waals surface area contributed by atoms with Crippen LogP contribution >= 0.6 is 23.4 Å². The number of ether oxygens (including phenoxy) is 1. The Kier molecular flexibility index (Phi) is 4.56. The summed E-state index contributed by atoms with van der Waals surface area (Å²) in [7, 11) is 1.33. The van der Waals surface area contributed by atoms with Crippen molar-refractivity contribution in [3.05, 3.63) is 40.8 Å². The Morgan fingerprint density at radius 1 is 1.43 bits per heavy atom. The van der Waals surface area contributed by atoms with Crippen molar-refractivity contribution in [1.82, 2.24) is 0 Å². The molecule has 0 heterocycles. The van der Waals surface area contributed by atoms with Crippen LogP contribution in [0, 0.1) is 0 Å². The predicted molar refractivity (Wildman–Crippen MR) is 58.3 cm³/mol. The zero-order valence-corrected chi connectivity index (χ0v) is 9.14. The predicted octanol–water partition coefficient (Wildman–Crippen LogP) is 3.03. The van der Waals surface area contributed by atoms with Gasteiger partial charge in [-0.05, 0) is 12.1 Å². The van der Waals surface area contributed by atoms with Crippen molar-refractivity contribution in [1.29, 1.82) is 0 Å². The van der Waals surface area contributed by atoms with E-state index in [1.807, 2.05) is 30.3 Å². The van der Waals surface area contributed by atoms with Crippen molar-refractivity contribution in [2.45, 2.75) is 4.90 Å². The van der Waals surface area contributed by atoms with E-state index in [1.165, 1.54) is 24.4 Å². The molecule has 1 aromatic carbocycles. The molecule has 0 aromatic heterocycles. The normalized spacial score (nSPS) is 11.1. The zero-order chi connectivity index (χ0) is 10.4. The Morgan fingerprint density at radius 3 is 2.57 bits per heavy atom. The summed E-state index contributed by atoms with van der Waals surface area (Å²) in [5, 5.41) is 0. The third-order valence-electron chi connectivity index (χ3n) is 1.46. The van der Waals surface area contributed by atoms with E-state index in [-0.39, 0.29) is 0 Å². The first-order valence-corrected chi connectivity index (χ1v) is 5.15. The molecule has 0 aliphatic heterocycles. The van der Waals surface area contributed by atoms with Crippen LogP contribution < -0.4 is 0 Å². The lowest BCUT2D eigenvalue weighted by Gasteiger charge is -2.02. The van der Waals surface area contributed by atoms with Crippen molar-refractivity contribution in [2.24, 2.45) is 0 Å². The van der Waals surface area contributed by atoms with Gasteiger partial charge >= 0.3 is 5.97 Å². The van der Waals surface area contributed by atoms with Crippen LogP contribution in [-0.4, -0.2) is 13.1 Å². The third kappa shape index (κ3) is 3.09. The van der Waals surface area contributed by atoms with Gasteiger partial charge in [-0.3, -0.25) is 0 Å². The average molecular weight is 229 g/mol. The molecule has 0 aliphatic rings. The van der Waals surface area contributed by atoms with Gasteiger partial charge in [0.1, 0.15) is 4.91 Å². The van der Waals surface area contributed by atoms with E-state index in [2.05, 4.69) is 4.74 Å². The van der Waals surface area contributed by atoms with Gasteiger partial charge in [0.15, 0.2) is 0 Å². The highest BCUT2D eigenvalue weighted by Gasteiger charge is 2.10. The topological polar surface area (TPSA) is 26.3 Å². The second-order valence-electron chi connectivity index (χ2n) is 2.38. The number of benzene rings is 1. The maximum absolute atomic E-state index is 11.2. The molecule has 0 unspecified atom stereocenters. The lowest BCUT2D eigenvalue weighted by Crippen LogP contribution is -2.00. The number of rotatable bonds is 3. The van der Waals surface area contributed by atoms with Crippen LogP contribution in [0.15, 0.2) is 45.7 Å². The summed E-state index contributed by atoms with van der Waals surface area (Å²) < 4.78 is 4.56. The van der Waals surface area contributed by atoms with Gasteiger partial charge in [-0.2, -0.15) is 0 Å². The van der Waals surface area contributed by atoms with Crippen molar-refractivity contribution < 1.29 is 9.53 Å². The lowest BCUT2D eigenvalue weighted by molar-refractivity contribution is -0.135. The monoisotopic (exact) mass is 228 g/mol. The number of carbonyl (C=O) groups excluding carboxylic acids is 1. The van der Waals surface area contributed by atoms with Gasteiger partial charge in [-0.25, -0.2) is 4.79 Å². The summed E-state index contributed by atoms with van der Waals surface area (Å²) in [5.41, 5.74) is 1.23. The summed E-state index contributed by atoms with van der Waals surface area (Å²) in [4.78, 5) is 12.5. The molecule has 0 aliphatic carbocycles. The van der Waals surface area contributed by atoms with Crippen LogP contribution in [0.3, 0.4) is 0 Å². The Balaban J connectivity index is 2.73. The fraction of sp³-hybridized carbons (Fsp3) is 0.100. The van der Waals surface area contributed by atoms with E-state index in [0.717, 1.165) is 4.90 Å². The largest absolute Gasteiger partial charge is 0.465 e. The fourth-order valence-electron chi connectivity index (χ4n) is 0.825. The molecule has 2 nitrogen and oxygen atoms in total. The molecule has 0 fully saturated rings. The standard InChI is InChI=1S/C10H9ClO2S/c1-13-10(12)9(7-11)14-8-5-3-2-4-6-8/h2-7H,1H3/b9-7+. The minimum Gasteiger partial charge on any atom is -0.465 e. The highest BCUT2D eigenvalue weighted by molar-refractivity contribution is 8.04. The van der Waals surface area contributed by atoms with E-state index in [4.69, 9.17) is 11.6 Å². The summed E-state index contributed by atoms with van der Waals surface area (Å²) in [6.45, 7) is 0. The highest BCUT2D eigenvalue weighted by Crippen LogP contribution is 2.27. The Morgan fingerprint density at radius 2 is 2.07 bits per heavy atom. The number of methoxy groups -OCH3 is 1. The molecule has 0 N–H and O–H groups in total. The number of thioether (sulfide) groups is 1. The Labute approximate surface area is 91.9 Å². The minimum atomic E-state index is -0.422. The average Bonchev–Trinajstić information content (AvgIpc) is 2.26. The van der Waals surface area contributed by atoms with Gasteiger partial charge in [-0.15, -0.1) is 0 Å². The molecule has 1 aromatic rings. The van der Waals surface area contributed by atoms with Gasteiger partial charge in [0.2, 0.25) is 0 Å². The van der Waals surface area contributed by atoms with Gasteiger partial charge in [-0.1, -0.05) is 41.6 Å². The van der Waals surface area contributed by atoms with E-state index < -0.39 is 5.97 Å². The van der Waals surface area contributed by atoms with Crippen molar-refractivity contribution in [3.63, 3.8) is 0 Å². The highest BCUT2D eigenvalue weighted by atomic mass is 35.5. The van der Waals surface area contributed by atoms with Gasteiger partial charge in [0.25, 0.3) is 0 Å². The SMILES string of the molecule is COC(=O)/C(=C\Cl)Sc1ccccc1. The number of carbonyl (C=O) groups is 1. The van der Waals surface area contributed by atoms with Crippen LogP contribution in [0.25, 0.3) is 0 Å². The molecule has 1 rings (SSSR count). The third-order valence-corrected chi connectivity index (χ3v) is 2.82. The van der Waals surface area contributed by atoms with E-state index in [1.54, 1.807) is 0 Å². The van der Waals surface area contributed by atoms with Gasteiger partial charge < -0.3 is 4.74 Å². The summed E-state index contributed by atoms with van der Waals surface area (Å²) in [6.07, 6.45) is 0. The number of hydrogen-bond donors (Lipinski definition) is 0. The number of hydrogen-bond acceptors (Lipinski definition) is 3. The van der Waals surface area contributed by atoms with Gasteiger partial charge in [0.05, 0.1) is 7.11 Å². The van der Waals surface area contributed by atoms with Crippen LogP contribution in [0.5, 0.6) is 0 Å². The summed E-state index contributed by atoms with van der Waals surface area (Å²) >= 11 is 6.78. The zero-order valence-electron chi connectivity index (χ0n) is 7.57. The maximum Gasteiger partial charge on any atom is 0.345 e. The molecule has 0 saturated carbocycles. The molecule has 0 amide bonds. The summed E-state index contributed by atoms with van der Waals surface area (Å²) in [5.74, 6) is -0.422.